The first-order valence-corrected chi connectivity index (χ1v) is 10.9. The fourth-order valence-corrected chi connectivity index (χ4v) is 5.14. The molecule has 0 spiro atoms. The maximum atomic E-state index is 12.4. The number of hydrogen-bond donors (Lipinski definition) is 0. The van der Waals surface area contributed by atoms with E-state index in [4.69, 9.17) is 9.47 Å². The molecule has 5 heteroatoms. The van der Waals surface area contributed by atoms with Crippen LogP contribution >= 0.6 is 0 Å². The monoisotopic (exact) mass is 426 g/mol. The van der Waals surface area contributed by atoms with Crippen LogP contribution in [0.2, 0.25) is 0 Å². The molecule has 0 unspecified atom stereocenters. The van der Waals surface area contributed by atoms with Gasteiger partial charge in [-0.05, 0) is 0 Å². The summed E-state index contributed by atoms with van der Waals surface area (Å²) in [6.45, 7) is 4.26. The minimum atomic E-state index is -0.950. The number of allylic oxidation sites excluding steroid dienone is 1. The van der Waals surface area contributed by atoms with Gasteiger partial charge in [-0.25, -0.2) is 0 Å². The number of benzene rings is 1. The molecule has 0 amide bonds. The van der Waals surface area contributed by atoms with Crippen molar-refractivity contribution in [3.05, 3.63) is 40.4 Å². The molecular formula is C21H30O4Se. The molecule has 0 heterocycles. The van der Waals surface area contributed by atoms with Crippen molar-refractivity contribution in [1.29, 1.82) is 0 Å². The third-order valence-corrected chi connectivity index (χ3v) is 6.68. The summed E-state index contributed by atoms with van der Waals surface area (Å²) in [6, 6.07) is 10.3. The zero-order valence-corrected chi connectivity index (χ0v) is 18.0. The van der Waals surface area contributed by atoms with Gasteiger partial charge in [0.1, 0.15) is 0 Å². The van der Waals surface area contributed by atoms with Crippen molar-refractivity contribution < 1.29 is 19.1 Å². The Morgan fingerprint density at radius 3 is 1.96 bits per heavy atom. The first-order valence-electron chi connectivity index (χ1n) is 9.19. The van der Waals surface area contributed by atoms with Crippen LogP contribution in [0, 0.1) is 5.92 Å². The predicted octanol–water partition coefficient (Wildman–Crippen LogP) is 3.61. The number of unbranched alkanes of at least 4 members (excludes halogenated alkanes) is 2. The van der Waals surface area contributed by atoms with Gasteiger partial charge in [-0.15, -0.1) is 0 Å². The molecule has 1 aromatic carbocycles. The molecule has 0 aliphatic rings. The van der Waals surface area contributed by atoms with Gasteiger partial charge >= 0.3 is 163 Å². The average molecular weight is 425 g/mol. The van der Waals surface area contributed by atoms with Crippen LogP contribution in [0.25, 0.3) is 0 Å². The Kier molecular flexibility index (Phi) is 11.0. The Labute approximate surface area is 163 Å². The first-order chi connectivity index (χ1) is 12.6. The summed E-state index contributed by atoms with van der Waals surface area (Å²) in [4.78, 5) is 24.8. The Balaban J connectivity index is 3.38. The molecule has 0 aromatic heterocycles. The van der Waals surface area contributed by atoms with E-state index < -0.39 is 17.9 Å². The Hall–Kier alpha value is -1.58. The molecule has 4 nitrogen and oxygen atoms in total. The van der Waals surface area contributed by atoms with E-state index in [-0.39, 0.29) is 15.0 Å². The summed E-state index contributed by atoms with van der Waals surface area (Å²) in [7, 11) is 2.65. The summed E-state index contributed by atoms with van der Waals surface area (Å²) < 4.78 is 12.3. The number of carbonyl (C=O) groups excluding carboxylic acids is 2. The predicted molar refractivity (Wildman–Crippen MR) is 105 cm³/mol. The van der Waals surface area contributed by atoms with Crippen molar-refractivity contribution in [2.45, 2.75) is 52.4 Å². The third kappa shape index (κ3) is 6.97. The molecule has 1 rings (SSSR count). The van der Waals surface area contributed by atoms with Gasteiger partial charge in [-0.2, -0.15) is 0 Å². The number of rotatable bonds is 11. The maximum absolute atomic E-state index is 12.4. The van der Waals surface area contributed by atoms with Gasteiger partial charge in [0.15, 0.2) is 0 Å². The van der Waals surface area contributed by atoms with Gasteiger partial charge in [0.05, 0.1) is 0 Å². The Morgan fingerprint density at radius 2 is 1.46 bits per heavy atom. The summed E-state index contributed by atoms with van der Waals surface area (Å²) in [6.07, 6.45) is 5.65. The van der Waals surface area contributed by atoms with Gasteiger partial charge in [-0.3, -0.25) is 0 Å². The standard InChI is InChI=1S/C21H30O4Se/c1-5-7-14-17(19(20(22)24-3)21(23)25-4)18(15-8-6-2)26-16-12-10-9-11-13-16/h9-13,19H,5-8,14-15H2,1-4H3/b18-17-. The number of carbonyl (C=O) groups is 2. The van der Waals surface area contributed by atoms with E-state index >= 15 is 0 Å². The number of methoxy groups -OCH3 is 2. The fraction of sp³-hybridized carbons (Fsp3) is 0.524. The van der Waals surface area contributed by atoms with Gasteiger partial charge in [0.2, 0.25) is 0 Å². The van der Waals surface area contributed by atoms with Gasteiger partial charge < -0.3 is 0 Å². The molecule has 26 heavy (non-hydrogen) atoms. The molecule has 0 bridgehead atoms. The molecule has 144 valence electrons. The van der Waals surface area contributed by atoms with E-state index in [2.05, 4.69) is 26.0 Å². The zero-order valence-electron chi connectivity index (χ0n) is 16.2. The first kappa shape index (κ1) is 22.5. The topological polar surface area (TPSA) is 52.6 Å². The average Bonchev–Trinajstić information content (AvgIpc) is 2.68. The quantitative estimate of drug-likeness (QED) is 0.309. The molecular weight excluding hydrogens is 395 g/mol. The Bertz CT molecular complexity index is 579. The number of hydrogen-bond acceptors (Lipinski definition) is 4. The summed E-state index contributed by atoms with van der Waals surface area (Å²) in [5.74, 6) is -2.00. The van der Waals surface area contributed by atoms with Crippen LogP contribution in [0.1, 0.15) is 52.4 Å². The summed E-state index contributed by atoms with van der Waals surface area (Å²) in [5.41, 5.74) is 0.905. The van der Waals surface area contributed by atoms with E-state index in [1.54, 1.807) is 0 Å². The molecule has 0 N–H and O–H groups in total. The van der Waals surface area contributed by atoms with Crippen LogP contribution < -0.4 is 4.46 Å². The van der Waals surface area contributed by atoms with Gasteiger partial charge in [-0.1, -0.05) is 0 Å². The molecule has 0 saturated heterocycles. The van der Waals surface area contributed by atoms with E-state index in [0.29, 0.717) is 0 Å². The van der Waals surface area contributed by atoms with Crippen molar-refractivity contribution in [3.63, 3.8) is 0 Å². The van der Waals surface area contributed by atoms with Gasteiger partial charge in [0, 0.05) is 0 Å². The van der Waals surface area contributed by atoms with Crippen LogP contribution in [-0.2, 0) is 19.1 Å². The van der Waals surface area contributed by atoms with E-state index in [1.165, 1.54) is 23.2 Å². The van der Waals surface area contributed by atoms with E-state index in [1.807, 2.05) is 18.2 Å². The second kappa shape index (κ2) is 12.7. The summed E-state index contributed by atoms with van der Waals surface area (Å²) in [5, 5.41) is 0. The minimum absolute atomic E-state index is 0.0692. The molecule has 0 saturated carbocycles. The normalized spacial score (nSPS) is 11.9. The second-order valence-corrected chi connectivity index (χ2v) is 8.50. The Morgan fingerprint density at radius 1 is 0.923 bits per heavy atom. The van der Waals surface area contributed by atoms with Crippen molar-refractivity contribution in [1.82, 2.24) is 0 Å². The van der Waals surface area contributed by atoms with Gasteiger partial charge in [0.25, 0.3) is 0 Å². The third-order valence-electron chi connectivity index (χ3n) is 4.12. The molecule has 0 fully saturated rings. The molecule has 0 aliphatic heterocycles. The van der Waals surface area contributed by atoms with Crippen LogP contribution in [0.3, 0.4) is 0 Å². The SMILES string of the molecule is CCCC/C([Se]c1ccccc1)=C(\CCCC)C(C(=O)OC)C(=O)OC. The molecule has 1 aromatic rings. The second-order valence-electron chi connectivity index (χ2n) is 6.05. The number of ether oxygens (including phenoxy) is 2. The fourth-order valence-electron chi connectivity index (χ4n) is 2.67. The molecule has 0 aliphatic carbocycles. The van der Waals surface area contributed by atoms with Crippen LogP contribution in [-0.4, -0.2) is 41.1 Å². The van der Waals surface area contributed by atoms with E-state index in [9.17, 15) is 9.59 Å². The molecule has 0 atom stereocenters. The van der Waals surface area contributed by atoms with Crippen molar-refractivity contribution in [2.24, 2.45) is 5.92 Å². The summed E-state index contributed by atoms with van der Waals surface area (Å²) >= 11 is 0.0692. The van der Waals surface area contributed by atoms with Crippen LogP contribution in [0.5, 0.6) is 0 Å². The van der Waals surface area contributed by atoms with Crippen molar-refractivity contribution >= 4 is 31.4 Å². The number of esters is 2. The molecule has 0 radical (unpaired) electrons. The van der Waals surface area contributed by atoms with Crippen LogP contribution in [0.4, 0.5) is 0 Å². The van der Waals surface area contributed by atoms with E-state index in [0.717, 1.165) is 44.1 Å². The van der Waals surface area contributed by atoms with Crippen molar-refractivity contribution in [2.75, 3.05) is 14.2 Å². The zero-order chi connectivity index (χ0) is 19.4. The van der Waals surface area contributed by atoms with Crippen molar-refractivity contribution in [3.8, 4) is 0 Å². The van der Waals surface area contributed by atoms with Crippen LogP contribution in [0.15, 0.2) is 40.4 Å².